The Labute approximate surface area is 222 Å². The molecule has 6 atom stereocenters. The number of rotatable bonds is 11. The molecule has 1 aromatic carbocycles. The second-order valence-electron chi connectivity index (χ2n) is 9.42. The van der Waals surface area contributed by atoms with Gasteiger partial charge in [0.2, 0.25) is 5.91 Å². The number of carbonyl (C=O) groups excluding carboxylic acids is 2. The summed E-state index contributed by atoms with van der Waals surface area (Å²) < 4.78 is 23.2. The lowest BCUT2D eigenvalue weighted by Crippen LogP contribution is -2.53. The molecule has 0 aliphatic carbocycles. The predicted molar refractivity (Wildman–Crippen MR) is 141 cm³/mol. The number of amides is 1. The van der Waals surface area contributed by atoms with Crippen LogP contribution in [0.4, 0.5) is 0 Å². The quantitative estimate of drug-likeness (QED) is 0.278. The molecule has 0 saturated carbocycles. The van der Waals surface area contributed by atoms with Crippen LogP contribution in [0.25, 0.3) is 0 Å². The molecule has 12 heteroatoms. The van der Waals surface area contributed by atoms with Gasteiger partial charge in [-0.2, -0.15) is 0 Å². The van der Waals surface area contributed by atoms with Crippen molar-refractivity contribution in [3.63, 3.8) is 0 Å². The van der Waals surface area contributed by atoms with Crippen molar-refractivity contribution in [2.24, 2.45) is 0 Å². The number of benzene rings is 1. The highest BCUT2D eigenvalue weighted by atomic mass is 32.5. The number of aliphatic hydroxyl groups excluding tert-OH is 1. The molecule has 2 unspecified atom stereocenters. The molecule has 10 nitrogen and oxygen atoms in total. The Balaban J connectivity index is 1.79. The summed E-state index contributed by atoms with van der Waals surface area (Å²) in [6.07, 6.45) is -0.367. The summed E-state index contributed by atoms with van der Waals surface area (Å²) in [7, 11) is 0. The molecule has 2 aliphatic heterocycles. The first-order valence-corrected chi connectivity index (χ1v) is 14.7. The molecular weight excluding hydrogens is 519 g/mol. The maximum absolute atomic E-state index is 12.6. The molecule has 37 heavy (non-hydrogen) atoms. The number of aliphatic hydroxyl groups is 2. The maximum atomic E-state index is 12.6. The van der Waals surface area contributed by atoms with Crippen molar-refractivity contribution < 1.29 is 38.3 Å². The van der Waals surface area contributed by atoms with Crippen molar-refractivity contribution in [3.8, 4) is 5.75 Å². The lowest BCUT2D eigenvalue weighted by molar-refractivity contribution is -0.156. The molecular formula is C25H35N2O8PS. The van der Waals surface area contributed by atoms with Gasteiger partial charge < -0.3 is 28.7 Å². The zero-order chi connectivity index (χ0) is 27.4. The Morgan fingerprint density at radius 2 is 2.05 bits per heavy atom. The first-order chi connectivity index (χ1) is 17.4. The van der Waals surface area contributed by atoms with E-state index in [1.54, 1.807) is 51.1 Å². The van der Waals surface area contributed by atoms with Crippen molar-refractivity contribution in [2.75, 3.05) is 6.61 Å². The van der Waals surface area contributed by atoms with Gasteiger partial charge in [0.05, 0.1) is 19.1 Å². The van der Waals surface area contributed by atoms with Gasteiger partial charge in [-0.25, -0.2) is 5.09 Å². The van der Waals surface area contributed by atoms with Crippen molar-refractivity contribution >= 4 is 30.3 Å². The minimum Gasteiger partial charge on any atom is -0.462 e. The van der Waals surface area contributed by atoms with Gasteiger partial charge in [0.25, 0.3) is 0 Å². The number of esters is 1. The van der Waals surface area contributed by atoms with Crippen LogP contribution in [0.15, 0.2) is 54.8 Å². The van der Waals surface area contributed by atoms with E-state index >= 15 is 0 Å². The van der Waals surface area contributed by atoms with E-state index in [0.29, 0.717) is 17.7 Å². The van der Waals surface area contributed by atoms with E-state index in [9.17, 15) is 19.8 Å². The van der Waals surface area contributed by atoms with Crippen LogP contribution < -0.4 is 9.61 Å². The SMILES string of the molecule is C=C1C=CN([C@@H]2O[C@H](COP(=S)(NC(CC)C(=O)OC(C)C)Oc3ccccc3)[C@@H](O)[C@@]2(C)O)C(=O)C1. The zero-order valence-electron chi connectivity index (χ0n) is 21.4. The number of allylic oxidation sites excluding steroid dienone is 1. The fourth-order valence-electron chi connectivity index (χ4n) is 3.90. The normalized spacial score (nSPS) is 28.3. The van der Waals surface area contributed by atoms with Crippen LogP contribution in [0.1, 0.15) is 40.5 Å². The summed E-state index contributed by atoms with van der Waals surface area (Å²) in [6, 6.07) is 7.94. The van der Waals surface area contributed by atoms with Crippen LogP contribution in [0.2, 0.25) is 0 Å². The Hall–Kier alpha value is -2.11. The Bertz CT molecular complexity index is 1060. The molecule has 204 valence electrons. The summed E-state index contributed by atoms with van der Waals surface area (Å²) >= 11 is 5.74. The van der Waals surface area contributed by atoms with Gasteiger partial charge in [-0.1, -0.05) is 31.7 Å². The number of carbonyl (C=O) groups is 2. The molecule has 3 rings (SSSR count). The van der Waals surface area contributed by atoms with Crippen LogP contribution in [0.3, 0.4) is 0 Å². The maximum Gasteiger partial charge on any atom is 0.323 e. The van der Waals surface area contributed by atoms with Crippen molar-refractivity contribution in [1.82, 2.24) is 9.99 Å². The fourth-order valence-corrected chi connectivity index (χ4v) is 6.31. The van der Waals surface area contributed by atoms with Crippen LogP contribution in [-0.2, 0) is 35.4 Å². The molecule has 0 radical (unpaired) electrons. The third-order valence-corrected chi connectivity index (χ3v) is 8.30. The third-order valence-electron chi connectivity index (χ3n) is 5.88. The summed E-state index contributed by atoms with van der Waals surface area (Å²) in [5.41, 5.74) is -1.17. The number of nitrogens with zero attached hydrogens (tertiary/aromatic N) is 1. The van der Waals surface area contributed by atoms with E-state index < -0.39 is 42.7 Å². The van der Waals surface area contributed by atoms with Crippen LogP contribution >= 0.6 is 6.64 Å². The molecule has 3 N–H and O–H groups in total. The first kappa shape index (κ1) is 29.4. The highest BCUT2D eigenvalue weighted by Gasteiger charge is 2.55. The van der Waals surface area contributed by atoms with E-state index in [2.05, 4.69) is 11.7 Å². The largest absolute Gasteiger partial charge is 0.462 e. The molecule has 1 amide bonds. The van der Waals surface area contributed by atoms with Gasteiger partial charge in [-0.05, 0) is 62.8 Å². The van der Waals surface area contributed by atoms with Gasteiger partial charge in [0.1, 0.15) is 29.6 Å². The van der Waals surface area contributed by atoms with E-state index in [0.717, 1.165) is 0 Å². The second-order valence-corrected chi connectivity index (χ2v) is 12.6. The van der Waals surface area contributed by atoms with Crippen LogP contribution in [0, 0.1) is 0 Å². The highest BCUT2D eigenvalue weighted by molar-refractivity contribution is 8.09. The number of hydrogen-bond acceptors (Lipinski definition) is 9. The van der Waals surface area contributed by atoms with Gasteiger partial charge in [-0.3, -0.25) is 14.5 Å². The molecule has 1 saturated heterocycles. The average molecular weight is 555 g/mol. The predicted octanol–water partition coefficient (Wildman–Crippen LogP) is 2.77. The monoisotopic (exact) mass is 554 g/mol. The van der Waals surface area contributed by atoms with Crippen LogP contribution in [0.5, 0.6) is 5.75 Å². The first-order valence-electron chi connectivity index (χ1n) is 12.1. The van der Waals surface area contributed by atoms with E-state index in [1.807, 2.05) is 6.07 Å². The fraction of sp³-hybridized carbons (Fsp3) is 0.520. The molecule has 1 aromatic rings. The Kier molecular flexibility index (Phi) is 9.68. The molecule has 2 aliphatic rings. The van der Waals surface area contributed by atoms with E-state index in [4.69, 9.17) is 30.3 Å². The third kappa shape index (κ3) is 7.26. The Morgan fingerprint density at radius 3 is 2.65 bits per heavy atom. The molecule has 2 heterocycles. The van der Waals surface area contributed by atoms with E-state index in [1.165, 1.54) is 18.0 Å². The van der Waals surface area contributed by atoms with Gasteiger partial charge in [0.15, 0.2) is 6.23 Å². The minimum atomic E-state index is -3.40. The Morgan fingerprint density at radius 1 is 1.38 bits per heavy atom. The van der Waals surface area contributed by atoms with Gasteiger partial charge >= 0.3 is 12.6 Å². The lowest BCUT2D eigenvalue weighted by Gasteiger charge is -2.35. The van der Waals surface area contributed by atoms with Crippen molar-refractivity contribution in [2.45, 2.75) is 76.7 Å². The van der Waals surface area contributed by atoms with Gasteiger partial charge in [-0.15, -0.1) is 0 Å². The molecule has 0 bridgehead atoms. The lowest BCUT2D eigenvalue weighted by atomic mass is 9.95. The van der Waals surface area contributed by atoms with Gasteiger partial charge in [0, 0.05) is 6.20 Å². The number of para-hydroxylation sites is 1. The highest BCUT2D eigenvalue weighted by Crippen LogP contribution is 2.47. The topological polar surface area (TPSA) is 127 Å². The number of ether oxygens (including phenoxy) is 2. The summed E-state index contributed by atoms with van der Waals surface area (Å²) in [4.78, 5) is 26.4. The van der Waals surface area contributed by atoms with Crippen molar-refractivity contribution in [3.05, 3.63) is 54.8 Å². The minimum absolute atomic E-state index is 0.0736. The zero-order valence-corrected chi connectivity index (χ0v) is 23.1. The summed E-state index contributed by atoms with van der Waals surface area (Å²) in [5.74, 6) is -0.392. The smallest absolute Gasteiger partial charge is 0.323 e. The summed E-state index contributed by atoms with van der Waals surface area (Å²) in [5, 5.41) is 24.9. The number of hydrogen-bond donors (Lipinski definition) is 3. The molecule has 0 aromatic heterocycles. The molecule has 1 fully saturated rings. The number of nitrogens with one attached hydrogen (secondary N) is 1. The molecule has 0 spiro atoms. The van der Waals surface area contributed by atoms with Crippen molar-refractivity contribution in [1.29, 1.82) is 0 Å². The van der Waals surface area contributed by atoms with E-state index in [-0.39, 0.29) is 25.0 Å². The summed E-state index contributed by atoms with van der Waals surface area (Å²) in [6.45, 7) is 6.77. The second kappa shape index (κ2) is 12.2. The average Bonchev–Trinajstić information content (AvgIpc) is 3.05. The van der Waals surface area contributed by atoms with Crippen LogP contribution in [-0.4, -0.2) is 69.8 Å². The standard InChI is InChI=1S/C25H35N2O8PS/c1-6-19(23(30)33-16(2)3)26-36(37,35-18-10-8-7-9-11-18)32-15-20-22(29)25(5,31)24(34-20)27-13-12-17(4)14-21(27)28/h7-13,16,19-20,22,24,29,31H,4,6,14-15H2,1-3,5H3,(H,26,37)/t19?,20-,22-,24-,25-,36?/m1/s1.